The number of fused-ring (bicyclic) bond motifs is 1. The summed E-state index contributed by atoms with van der Waals surface area (Å²) < 4.78 is 38.1. The smallest absolute Gasteiger partial charge is 0.353 e. The maximum atomic E-state index is 12.9. The van der Waals surface area contributed by atoms with Crippen molar-refractivity contribution < 1.29 is 22.8 Å². The quantitative estimate of drug-likeness (QED) is 0.781. The Morgan fingerprint density at radius 3 is 2.53 bits per heavy atom. The highest BCUT2D eigenvalue weighted by Gasteiger charge is 2.31. The lowest BCUT2D eigenvalue weighted by molar-refractivity contribution is -0.137. The lowest BCUT2D eigenvalue weighted by Gasteiger charge is -2.35. The van der Waals surface area contributed by atoms with Crippen LogP contribution in [0.4, 0.5) is 24.7 Å². The van der Waals surface area contributed by atoms with Crippen molar-refractivity contribution in [2.45, 2.75) is 23.2 Å². The summed E-state index contributed by atoms with van der Waals surface area (Å²) in [6, 6.07) is 7.65. The number of alkyl halides is 3. The Kier molecular flexibility index (Phi) is 5.35. The van der Waals surface area contributed by atoms with Crippen molar-refractivity contribution in [3.63, 3.8) is 0 Å². The van der Waals surface area contributed by atoms with Crippen LogP contribution in [0.25, 0.3) is 0 Å². The first-order valence-electron chi connectivity index (χ1n) is 9.41. The van der Waals surface area contributed by atoms with Crippen LogP contribution in [-0.2, 0) is 11.0 Å². The normalized spacial score (nSPS) is 19.3. The van der Waals surface area contributed by atoms with Gasteiger partial charge in [-0.3, -0.25) is 9.59 Å². The summed E-state index contributed by atoms with van der Waals surface area (Å²) in [6.45, 7) is 3.62. The number of halogens is 3. The van der Waals surface area contributed by atoms with Crippen molar-refractivity contribution in [2.75, 3.05) is 36.4 Å². The number of carbonyl (C=O) groups excluding carboxylic acids is 2. The fraction of sp³-hybridized carbons (Fsp3) is 0.350. The monoisotopic (exact) mass is 436 g/mol. The van der Waals surface area contributed by atoms with E-state index in [0.717, 1.165) is 17.2 Å². The zero-order valence-electron chi connectivity index (χ0n) is 16.1. The molecule has 2 aliphatic heterocycles. The van der Waals surface area contributed by atoms with Gasteiger partial charge in [0, 0.05) is 42.8 Å². The largest absolute Gasteiger partial charge is 0.417 e. The highest BCUT2D eigenvalue weighted by molar-refractivity contribution is 8.00. The van der Waals surface area contributed by atoms with Crippen LogP contribution in [-0.4, -0.2) is 53.1 Å². The van der Waals surface area contributed by atoms with Crippen molar-refractivity contribution in [3.8, 4) is 0 Å². The molecule has 6 nitrogen and oxygen atoms in total. The van der Waals surface area contributed by atoms with E-state index in [0.29, 0.717) is 43.2 Å². The van der Waals surface area contributed by atoms with Crippen molar-refractivity contribution in [1.29, 1.82) is 0 Å². The number of benzene rings is 1. The molecule has 2 aliphatic rings. The molecule has 0 bridgehead atoms. The van der Waals surface area contributed by atoms with E-state index < -0.39 is 11.7 Å². The molecule has 0 aliphatic carbocycles. The number of hydrogen-bond donors (Lipinski definition) is 1. The summed E-state index contributed by atoms with van der Waals surface area (Å²) in [7, 11) is 0. The standard InChI is InChI=1S/C20H19F3N4O2S/c1-12-18(28)25-15-10-13(2-4-16(15)30-12)19(29)27-8-6-26(7-9-27)17-5-3-14(11-24-17)20(21,22)23/h2-5,10-12H,6-9H2,1H3,(H,25,28). The summed E-state index contributed by atoms with van der Waals surface area (Å²) >= 11 is 1.46. The third kappa shape index (κ3) is 4.09. The molecule has 1 aromatic heterocycles. The van der Waals surface area contributed by atoms with E-state index in [2.05, 4.69) is 10.3 Å². The molecule has 1 aromatic carbocycles. The Morgan fingerprint density at radius 2 is 1.90 bits per heavy atom. The summed E-state index contributed by atoms with van der Waals surface area (Å²) in [4.78, 5) is 33.2. The molecular weight excluding hydrogens is 417 g/mol. The molecule has 0 radical (unpaired) electrons. The zero-order valence-corrected chi connectivity index (χ0v) is 16.9. The highest BCUT2D eigenvalue weighted by Crippen LogP contribution is 2.36. The summed E-state index contributed by atoms with van der Waals surface area (Å²) in [5.74, 6) is 0.225. The van der Waals surface area contributed by atoms with Gasteiger partial charge in [0.25, 0.3) is 5.91 Å². The number of amides is 2. The Bertz CT molecular complexity index is 973. The first-order chi connectivity index (χ1) is 14.2. The molecule has 2 aromatic rings. The van der Waals surface area contributed by atoms with Crippen LogP contribution in [0.15, 0.2) is 41.4 Å². The van der Waals surface area contributed by atoms with Crippen molar-refractivity contribution in [3.05, 3.63) is 47.7 Å². The van der Waals surface area contributed by atoms with E-state index in [9.17, 15) is 22.8 Å². The number of hydrogen-bond acceptors (Lipinski definition) is 5. The van der Waals surface area contributed by atoms with Crippen LogP contribution in [0.5, 0.6) is 0 Å². The zero-order chi connectivity index (χ0) is 21.5. The van der Waals surface area contributed by atoms with Gasteiger partial charge in [0.2, 0.25) is 5.91 Å². The second-order valence-electron chi connectivity index (χ2n) is 7.14. The Labute approximate surface area is 175 Å². The first-order valence-corrected chi connectivity index (χ1v) is 10.3. The van der Waals surface area contributed by atoms with Crippen molar-refractivity contribution in [1.82, 2.24) is 9.88 Å². The van der Waals surface area contributed by atoms with E-state index in [1.165, 1.54) is 17.8 Å². The van der Waals surface area contributed by atoms with Crippen LogP contribution < -0.4 is 10.2 Å². The minimum atomic E-state index is -4.42. The SMILES string of the molecule is CC1Sc2ccc(C(=O)N3CCN(c4ccc(C(F)(F)F)cn4)CC3)cc2NC1=O. The predicted octanol–water partition coefficient (Wildman–Crippen LogP) is 3.50. The van der Waals surface area contributed by atoms with Crippen LogP contribution in [0.3, 0.4) is 0 Å². The fourth-order valence-corrected chi connectivity index (χ4v) is 4.33. The van der Waals surface area contributed by atoms with Crippen molar-refractivity contribution in [2.24, 2.45) is 0 Å². The minimum Gasteiger partial charge on any atom is -0.353 e. The van der Waals surface area contributed by atoms with Gasteiger partial charge in [-0.1, -0.05) is 0 Å². The van der Waals surface area contributed by atoms with E-state index in [-0.39, 0.29) is 17.1 Å². The molecule has 4 rings (SSSR count). The molecule has 158 valence electrons. The Balaban J connectivity index is 1.40. The van der Waals surface area contributed by atoms with Crippen LogP contribution in [0, 0.1) is 0 Å². The molecule has 1 saturated heterocycles. The van der Waals surface area contributed by atoms with Gasteiger partial charge >= 0.3 is 6.18 Å². The fourth-order valence-electron chi connectivity index (χ4n) is 3.40. The van der Waals surface area contributed by atoms with Gasteiger partial charge in [0.05, 0.1) is 16.5 Å². The van der Waals surface area contributed by atoms with Crippen LogP contribution >= 0.6 is 11.8 Å². The number of anilines is 2. The van der Waals surface area contributed by atoms with Gasteiger partial charge in [0.1, 0.15) is 5.82 Å². The van der Waals surface area contributed by atoms with E-state index >= 15 is 0 Å². The maximum Gasteiger partial charge on any atom is 0.417 e. The lowest BCUT2D eigenvalue weighted by Crippen LogP contribution is -2.49. The topological polar surface area (TPSA) is 65.5 Å². The number of piperazine rings is 1. The van der Waals surface area contributed by atoms with Gasteiger partial charge in [0.15, 0.2) is 0 Å². The summed E-state index contributed by atoms with van der Waals surface area (Å²) in [5, 5.41) is 2.65. The van der Waals surface area contributed by atoms with Crippen LogP contribution in [0.2, 0.25) is 0 Å². The third-order valence-electron chi connectivity index (χ3n) is 5.12. The van der Waals surface area contributed by atoms with Gasteiger partial charge in [-0.25, -0.2) is 4.98 Å². The average Bonchev–Trinajstić information content (AvgIpc) is 2.73. The van der Waals surface area contributed by atoms with E-state index in [1.54, 1.807) is 17.0 Å². The Morgan fingerprint density at radius 1 is 1.17 bits per heavy atom. The van der Waals surface area contributed by atoms with Gasteiger partial charge in [-0.05, 0) is 37.3 Å². The maximum absolute atomic E-state index is 12.9. The number of carbonyl (C=O) groups is 2. The highest BCUT2D eigenvalue weighted by atomic mass is 32.2. The first kappa shape index (κ1) is 20.5. The third-order valence-corrected chi connectivity index (χ3v) is 6.30. The molecule has 3 heterocycles. The molecule has 1 N–H and O–H groups in total. The molecular formula is C20H19F3N4O2S. The van der Waals surface area contributed by atoms with Crippen LogP contribution in [0.1, 0.15) is 22.8 Å². The number of aromatic nitrogens is 1. The number of pyridine rings is 1. The summed E-state index contributed by atoms with van der Waals surface area (Å²) in [5.41, 5.74) is 0.346. The molecule has 1 unspecified atom stereocenters. The minimum absolute atomic E-state index is 0.0882. The summed E-state index contributed by atoms with van der Waals surface area (Å²) in [6.07, 6.45) is -3.59. The van der Waals surface area contributed by atoms with Crippen molar-refractivity contribution >= 4 is 35.1 Å². The van der Waals surface area contributed by atoms with Gasteiger partial charge < -0.3 is 15.1 Å². The van der Waals surface area contributed by atoms with Gasteiger partial charge in [-0.2, -0.15) is 13.2 Å². The number of nitrogens with one attached hydrogen (secondary N) is 1. The molecule has 2 amide bonds. The average molecular weight is 436 g/mol. The Hall–Kier alpha value is -2.75. The molecule has 1 atom stereocenters. The lowest BCUT2D eigenvalue weighted by atomic mass is 10.1. The molecule has 0 saturated carbocycles. The van der Waals surface area contributed by atoms with Gasteiger partial charge in [-0.15, -0.1) is 11.8 Å². The molecule has 1 fully saturated rings. The number of thioether (sulfide) groups is 1. The molecule has 30 heavy (non-hydrogen) atoms. The van der Waals surface area contributed by atoms with E-state index in [1.807, 2.05) is 17.9 Å². The second kappa shape index (κ2) is 7.82. The second-order valence-corrected chi connectivity index (χ2v) is 8.52. The number of nitrogens with zero attached hydrogens (tertiary/aromatic N) is 3. The number of rotatable bonds is 2. The van der Waals surface area contributed by atoms with E-state index in [4.69, 9.17) is 0 Å². The molecule has 0 spiro atoms. The predicted molar refractivity (Wildman–Crippen MR) is 108 cm³/mol. The molecule has 10 heteroatoms.